The summed E-state index contributed by atoms with van der Waals surface area (Å²) < 4.78 is 0. The minimum atomic E-state index is -0.276. The van der Waals surface area contributed by atoms with E-state index in [2.05, 4.69) is 4.98 Å². The van der Waals surface area contributed by atoms with Crippen LogP contribution in [0.5, 0.6) is 0 Å². The number of rotatable bonds is 1. The van der Waals surface area contributed by atoms with Gasteiger partial charge in [0.05, 0.1) is 23.7 Å². The van der Waals surface area contributed by atoms with Crippen LogP contribution in [0, 0.1) is 0 Å². The van der Waals surface area contributed by atoms with Gasteiger partial charge in [0.2, 0.25) is 5.91 Å². The van der Waals surface area contributed by atoms with Crippen molar-refractivity contribution >= 4 is 34.8 Å². The fourth-order valence-corrected chi connectivity index (χ4v) is 1.62. The van der Waals surface area contributed by atoms with E-state index in [0.717, 1.165) is 0 Å². The number of nitrogens with two attached hydrogens (primary N) is 1. The highest BCUT2D eigenvalue weighted by atomic mass is 35.5. The molecule has 0 atom stereocenters. The van der Waals surface area contributed by atoms with E-state index in [1.807, 2.05) is 0 Å². The molecular formula is C9H8ClN3O2. The molecule has 5 nitrogen and oxygen atoms in total. The number of carbonyl (C=O) groups is 2. The molecule has 1 aliphatic rings. The van der Waals surface area contributed by atoms with Crippen molar-refractivity contribution in [1.82, 2.24) is 4.98 Å². The maximum absolute atomic E-state index is 11.4. The van der Waals surface area contributed by atoms with Crippen LogP contribution in [-0.2, 0) is 9.59 Å². The van der Waals surface area contributed by atoms with Crippen LogP contribution in [0.4, 0.5) is 11.5 Å². The molecule has 2 rings (SSSR count). The maximum Gasteiger partial charge on any atom is 0.236 e. The van der Waals surface area contributed by atoms with Crippen LogP contribution in [0.2, 0.25) is 5.02 Å². The molecule has 1 aliphatic heterocycles. The van der Waals surface area contributed by atoms with Gasteiger partial charge in [-0.05, 0) is 6.07 Å². The fraction of sp³-hybridized carbons (Fsp3) is 0.222. The van der Waals surface area contributed by atoms with Crippen molar-refractivity contribution in [3.63, 3.8) is 0 Å². The number of ketones is 1. The first-order valence-corrected chi connectivity index (χ1v) is 4.69. The molecule has 78 valence electrons. The van der Waals surface area contributed by atoms with Crippen LogP contribution < -0.4 is 10.6 Å². The number of aromatic nitrogens is 1. The first kappa shape index (κ1) is 9.92. The summed E-state index contributed by atoms with van der Waals surface area (Å²) in [5.41, 5.74) is 5.95. The minimum absolute atomic E-state index is 0.0394. The van der Waals surface area contributed by atoms with Crippen molar-refractivity contribution in [2.24, 2.45) is 0 Å². The molecule has 1 amide bonds. The van der Waals surface area contributed by atoms with E-state index in [-0.39, 0.29) is 24.7 Å². The number of hydrogen-bond acceptors (Lipinski definition) is 4. The number of nitrogen functional groups attached to an aromatic ring is 1. The predicted molar refractivity (Wildman–Crippen MR) is 55.6 cm³/mol. The normalized spacial score (nSPS) is 16.2. The third kappa shape index (κ3) is 1.78. The zero-order valence-corrected chi connectivity index (χ0v) is 8.49. The van der Waals surface area contributed by atoms with E-state index >= 15 is 0 Å². The van der Waals surface area contributed by atoms with E-state index in [1.165, 1.54) is 17.2 Å². The number of hydrogen-bond donors (Lipinski definition) is 1. The van der Waals surface area contributed by atoms with Gasteiger partial charge >= 0.3 is 0 Å². The molecule has 0 radical (unpaired) electrons. The largest absolute Gasteiger partial charge is 0.396 e. The number of pyridine rings is 1. The Morgan fingerprint density at radius 2 is 2.20 bits per heavy atom. The number of halogens is 1. The first-order chi connectivity index (χ1) is 7.08. The van der Waals surface area contributed by atoms with Crippen LogP contribution in [0.25, 0.3) is 0 Å². The molecule has 15 heavy (non-hydrogen) atoms. The van der Waals surface area contributed by atoms with Crippen LogP contribution in [-0.4, -0.2) is 23.2 Å². The minimum Gasteiger partial charge on any atom is -0.396 e. The van der Waals surface area contributed by atoms with Crippen LogP contribution in [0.1, 0.15) is 6.42 Å². The topological polar surface area (TPSA) is 76.3 Å². The van der Waals surface area contributed by atoms with Crippen molar-refractivity contribution in [1.29, 1.82) is 0 Å². The zero-order chi connectivity index (χ0) is 11.0. The fourth-order valence-electron chi connectivity index (χ4n) is 1.45. The molecule has 6 heteroatoms. The van der Waals surface area contributed by atoms with Gasteiger partial charge in [0.1, 0.15) is 0 Å². The molecule has 0 aliphatic carbocycles. The van der Waals surface area contributed by atoms with Gasteiger partial charge in [-0.2, -0.15) is 0 Å². The number of nitrogens with zero attached hydrogens (tertiary/aromatic N) is 2. The predicted octanol–water partition coefficient (Wildman–Crippen LogP) is 0.623. The lowest BCUT2D eigenvalue weighted by molar-refractivity contribution is -0.121. The highest BCUT2D eigenvalue weighted by molar-refractivity contribution is 6.30. The average molecular weight is 226 g/mol. The molecular weight excluding hydrogens is 218 g/mol. The second kappa shape index (κ2) is 3.51. The third-order valence-electron chi connectivity index (χ3n) is 2.10. The van der Waals surface area contributed by atoms with E-state index in [9.17, 15) is 9.59 Å². The van der Waals surface area contributed by atoms with Crippen molar-refractivity contribution < 1.29 is 9.59 Å². The first-order valence-electron chi connectivity index (χ1n) is 4.31. The third-order valence-corrected chi connectivity index (χ3v) is 2.31. The molecule has 2 heterocycles. The number of Topliss-reactive ketones (excluding diaryl/α,β-unsaturated/α-hetero) is 1. The van der Waals surface area contributed by atoms with Gasteiger partial charge in [0.25, 0.3) is 0 Å². The lowest BCUT2D eigenvalue weighted by atomic mass is 10.3. The lowest BCUT2D eigenvalue weighted by Gasteiger charge is -2.15. The van der Waals surface area contributed by atoms with Gasteiger partial charge < -0.3 is 5.73 Å². The van der Waals surface area contributed by atoms with Gasteiger partial charge in [0, 0.05) is 6.20 Å². The zero-order valence-electron chi connectivity index (χ0n) is 7.74. The van der Waals surface area contributed by atoms with Crippen LogP contribution >= 0.6 is 11.6 Å². The monoisotopic (exact) mass is 225 g/mol. The summed E-state index contributed by atoms with van der Waals surface area (Å²) in [6.07, 6.45) is 1.31. The van der Waals surface area contributed by atoms with E-state index in [1.54, 1.807) is 0 Å². The SMILES string of the molecule is Nc1cc(Cl)cnc1N1CC(=O)CC1=O. The Balaban J connectivity index is 2.38. The summed E-state index contributed by atoms with van der Waals surface area (Å²) in [6.45, 7) is 0.0394. The van der Waals surface area contributed by atoms with Crippen molar-refractivity contribution in [3.05, 3.63) is 17.3 Å². The molecule has 0 saturated carbocycles. The Morgan fingerprint density at radius 3 is 2.73 bits per heavy atom. The number of amides is 1. The van der Waals surface area contributed by atoms with Gasteiger partial charge in [0.15, 0.2) is 11.6 Å². The summed E-state index contributed by atoms with van der Waals surface area (Å²) in [6, 6.07) is 1.50. The van der Waals surface area contributed by atoms with Crippen molar-refractivity contribution in [2.45, 2.75) is 6.42 Å². The van der Waals surface area contributed by atoms with E-state index in [4.69, 9.17) is 17.3 Å². The van der Waals surface area contributed by atoms with Gasteiger partial charge in [-0.3, -0.25) is 14.5 Å². The Hall–Kier alpha value is -1.62. The number of carbonyl (C=O) groups excluding carboxylic acids is 2. The standard InChI is InChI=1S/C9H8ClN3O2/c10-5-1-7(11)9(12-3-5)13-4-6(14)2-8(13)15/h1,3H,2,4,11H2. The summed E-state index contributed by atoms with van der Waals surface area (Å²) in [7, 11) is 0. The van der Waals surface area contributed by atoms with Crippen LogP contribution in [0.15, 0.2) is 12.3 Å². The van der Waals surface area contributed by atoms with E-state index in [0.29, 0.717) is 16.5 Å². The second-order valence-electron chi connectivity index (χ2n) is 3.26. The molecule has 1 saturated heterocycles. The molecule has 0 bridgehead atoms. The molecule has 0 aromatic carbocycles. The maximum atomic E-state index is 11.4. The van der Waals surface area contributed by atoms with Crippen molar-refractivity contribution in [2.75, 3.05) is 17.2 Å². The Kier molecular flexibility index (Phi) is 2.32. The summed E-state index contributed by atoms with van der Waals surface area (Å²) in [5, 5.41) is 0.397. The quantitative estimate of drug-likeness (QED) is 0.711. The molecule has 0 unspecified atom stereocenters. The van der Waals surface area contributed by atoms with Gasteiger partial charge in [-0.25, -0.2) is 4.98 Å². The Labute approximate surface area is 90.8 Å². The summed E-state index contributed by atoms with van der Waals surface area (Å²) in [5.74, 6) is -0.104. The van der Waals surface area contributed by atoms with Gasteiger partial charge in [-0.15, -0.1) is 0 Å². The van der Waals surface area contributed by atoms with Crippen LogP contribution in [0.3, 0.4) is 0 Å². The number of anilines is 2. The Morgan fingerprint density at radius 1 is 1.47 bits per heavy atom. The molecule has 2 N–H and O–H groups in total. The Bertz CT molecular complexity index is 447. The highest BCUT2D eigenvalue weighted by Gasteiger charge is 2.30. The average Bonchev–Trinajstić information content (AvgIpc) is 2.45. The van der Waals surface area contributed by atoms with Gasteiger partial charge in [-0.1, -0.05) is 11.6 Å². The molecule has 0 spiro atoms. The summed E-state index contributed by atoms with van der Waals surface area (Å²) in [4.78, 5) is 27.7. The van der Waals surface area contributed by atoms with Crippen molar-refractivity contribution in [3.8, 4) is 0 Å². The molecule has 1 aromatic heterocycles. The highest BCUT2D eigenvalue weighted by Crippen LogP contribution is 2.25. The second-order valence-corrected chi connectivity index (χ2v) is 3.70. The molecule has 1 aromatic rings. The summed E-state index contributed by atoms with van der Waals surface area (Å²) >= 11 is 5.68. The smallest absolute Gasteiger partial charge is 0.236 e. The lowest BCUT2D eigenvalue weighted by Crippen LogP contribution is -2.26. The molecule has 1 fully saturated rings. The van der Waals surface area contributed by atoms with E-state index < -0.39 is 0 Å².